The number of anilines is 1. The average molecular weight is 195 g/mol. The molecule has 0 saturated heterocycles. The molecule has 3 nitrogen and oxygen atoms in total. The third kappa shape index (κ3) is 2.94. The average Bonchev–Trinajstić information content (AvgIpc) is 2.96. The number of hydrogen-bond acceptors (Lipinski definition) is 3. The zero-order valence-electron chi connectivity index (χ0n) is 8.04. The Morgan fingerprint density at radius 3 is 3.00 bits per heavy atom. The summed E-state index contributed by atoms with van der Waals surface area (Å²) in [5.41, 5.74) is 0. The van der Waals surface area contributed by atoms with Crippen LogP contribution in [0, 0.1) is 11.9 Å². The lowest BCUT2D eigenvalue weighted by atomic mass is 10.2. The fraction of sp³-hybridized carbons (Fsp3) is 0.600. The molecule has 76 valence electrons. The van der Waals surface area contributed by atoms with Crippen molar-refractivity contribution in [2.24, 2.45) is 5.92 Å². The number of rotatable bonds is 5. The highest BCUT2D eigenvalue weighted by Crippen LogP contribution is 2.33. The summed E-state index contributed by atoms with van der Waals surface area (Å²) < 4.78 is 12.6. The predicted molar refractivity (Wildman–Crippen MR) is 52.4 cm³/mol. The van der Waals surface area contributed by atoms with Crippen molar-refractivity contribution >= 4 is 5.82 Å². The Bertz CT molecular complexity index is 299. The van der Waals surface area contributed by atoms with Crippen LogP contribution in [-0.2, 0) is 0 Å². The summed E-state index contributed by atoms with van der Waals surface area (Å²) in [5, 5.41) is 3.08. The highest BCUT2D eigenvalue weighted by molar-refractivity contribution is 5.31. The molecule has 14 heavy (non-hydrogen) atoms. The number of hydrogen-bond donors (Lipinski definition) is 1. The minimum absolute atomic E-state index is 0.482. The summed E-state index contributed by atoms with van der Waals surface area (Å²) in [6, 6.07) is 1.32. The zero-order chi connectivity index (χ0) is 9.80. The summed E-state index contributed by atoms with van der Waals surface area (Å²) in [4.78, 5) is 7.30. The minimum atomic E-state index is -0.482. The van der Waals surface area contributed by atoms with Gasteiger partial charge in [0.1, 0.15) is 12.1 Å². The Labute approximate surface area is 82.8 Å². The molecule has 1 saturated carbocycles. The molecule has 1 fully saturated rings. The van der Waals surface area contributed by atoms with Gasteiger partial charge in [0.25, 0.3) is 0 Å². The zero-order valence-corrected chi connectivity index (χ0v) is 8.04. The molecule has 0 amide bonds. The van der Waals surface area contributed by atoms with Gasteiger partial charge in [-0.1, -0.05) is 12.8 Å². The van der Waals surface area contributed by atoms with E-state index in [0.29, 0.717) is 5.82 Å². The van der Waals surface area contributed by atoms with Crippen molar-refractivity contribution < 1.29 is 4.39 Å². The van der Waals surface area contributed by atoms with Crippen molar-refractivity contribution in [2.75, 3.05) is 11.9 Å². The van der Waals surface area contributed by atoms with Crippen molar-refractivity contribution in [3.05, 3.63) is 18.3 Å². The highest BCUT2D eigenvalue weighted by Gasteiger charge is 2.19. The highest BCUT2D eigenvalue weighted by atomic mass is 19.1. The van der Waals surface area contributed by atoms with Gasteiger partial charge in [0.05, 0.1) is 0 Å². The molecule has 0 unspecified atom stereocenters. The molecule has 1 aromatic rings. The first-order valence-electron chi connectivity index (χ1n) is 5.06. The maximum Gasteiger partial charge on any atom is 0.217 e. The maximum atomic E-state index is 12.6. The normalized spacial score (nSPS) is 15.5. The first-order chi connectivity index (χ1) is 6.84. The molecular formula is C10H14FN3. The molecule has 0 spiro atoms. The molecule has 1 N–H and O–H groups in total. The smallest absolute Gasteiger partial charge is 0.217 e. The van der Waals surface area contributed by atoms with Crippen LogP contribution in [0.3, 0.4) is 0 Å². The van der Waals surface area contributed by atoms with Crippen molar-refractivity contribution in [3.63, 3.8) is 0 Å². The van der Waals surface area contributed by atoms with E-state index in [-0.39, 0.29) is 0 Å². The van der Waals surface area contributed by atoms with Crippen LogP contribution in [0.15, 0.2) is 12.4 Å². The number of nitrogens with zero attached hydrogens (tertiary/aromatic N) is 2. The molecule has 0 aromatic carbocycles. The molecule has 0 bridgehead atoms. The van der Waals surface area contributed by atoms with Crippen LogP contribution in [0.25, 0.3) is 0 Å². The lowest BCUT2D eigenvalue weighted by Crippen LogP contribution is -2.04. The fourth-order valence-corrected chi connectivity index (χ4v) is 1.44. The van der Waals surface area contributed by atoms with Crippen molar-refractivity contribution in [2.45, 2.75) is 25.7 Å². The SMILES string of the molecule is Fc1cc(NCCCC2CC2)ncn1. The van der Waals surface area contributed by atoms with Gasteiger partial charge in [-0.15, -0.1) is 0 Å². The summed E-state index contributed by atoms with van der Waals surface area (Å²) in [5.74, 6) is 1.05. The minimum Gasteiger partial charge on any atom is -0.370 e. The van der Waals surface area contributed by atoms with E-state index in [1.54, 1.807) is 0 Å². The van der Waals surface area contributed by atoms with Gasteiger partial charge >= 0.3 is 0 Å². The molecule has 1 aromatic heterocycles. The first-order valence-corrected chi connectivity index (χ1v) is 5.06. The van der Waals surface area contributed by atoms with Crippen LogP contribution in [0.4, 0.5) is 10.2 Å². The van der Waals surface area contributed by atoms with E-state index >= 15 is 0 Å². The Hall–Kier alpha value is -1.19. The summed E-state index contributed by atoms with van der Waals surface area (Å²) in [6.07, 6.45) is 6.43. The summed E-state index contributed by atoms with van der Waals surface area (Å²) in [7, 11) is 0. The first kappa shape index (κ1) is 9.37. The molecular weight excluding hydrogens is 181 g/mol. The number of halogens is 1. The predicted octanol–water partition coefficient (Wildman–Crippen LogP) is 2.22. The molecule has 1 aliphatic rings. The van der Waals surface area contributed by atoms with Crippen molar-refractivity contribution in [3.8, 4) is 0 Å². The van der Waals surface area contributed by atoms with Crippen molar-refractivity contribution in [1.29, 1.82) is 0 Å². The van der Waals surface area contributed by atoms with E-state index in [1.807, 2.05) is 0 Å². The van der Waals surface area contributed by atoms with Gasteiger partial charge in [-0.25, -0.2) is 9.97 Å². The Kier molecular flexibility index (Phi) is 2.91. The maximum absolute atomic E-state index is 12.6. The van der Waals surface area contributed by atoms with E-state index in [0.717, 1.165) is 18.9 Å². The van der Waals surface area contributed by atoms with Gasteiger partial charge in [-0.05, 0) is 18.8 Å². The molecule has 1 aliphatic carbocycles. The molecule has 2 rings (SSSR count). The van der Waals surface area contributed by atoms with Crippen LogP contribution in [0.5, 0.6) is 0 Å². The molecule has 4 heteroatoms. The Morgan fingerprint density at radius 2 is 2.29 bits per heavy atom. The van der Waals surface area contributed by atoms with Gasteiger partial charge in [0.15, 0.2) is 0 Å². The Morgan fingerprint density at radius 1 is 1.43 bits per heavy atom. The van der Waals surface area contributed by atoms with Gasteiger partial charge in [0.2, 0.25) is 5.95 Å². The largest absolute Gasteiger partial charge is 0.370 e. The van der Waals surface area contributed by atoms with Gasteiger partial charge < -0.3 is 5.32 Å². The fourth-order valence-electron chi connectivity index (χ4n) is 1.44. The van der Waals surface area contributed by atoms with Gasteiger partial charge in [0, 0.05) is 12.6 Å². The van der Waals surface area contributed by atoms with E-state index in [1.165, 1.54) is 31.7 Å². The molecule has 0 atom stereocenters. The second kappa shape index (κ2) is 4.35. The second-order valence-electron chi connectivity index (χ2n) is 3.74. The summed E-state index contributed by atoms with van der Waals surface area (Å²) in [6.45, 7) is 0.868. The van der Waals surface area contributed by atoms with Crippen LogP contribution >= 0.6 is 0 Å². The van der Waals surface area contributed by atoms with Crippen molar-refractivity contribution in [1.82, 2.24) is 9.97 Å². The monoisotopic (exact) mass is 195 g/mol. The topological polar surface area (TPSA) is 37.8 Å². The third-order valence-corrected chi connectivity index (χ3v) is 2.43. The van der Waals surface area contributed by atoms with E-state index in [4.69, 9.17) is 0 Å². The standard InChI is InChI=1S/C10H14FN3/c11-9-6-10(14-7-13-9)12-5-1-2-8-3-4-8/h6-8H,1-5H2,(H,12,13,14). The van der Waals surface area contributed by atoms with E-state index in [9.17, 15) is 4.39 Å². The van der Waals surface area contributed by atoms with E-state index < -0.39 is 5.95 Å². The van der Waals surface area contributed by atoms with Crippen LogP contribution < -0.4 is 5.32 Å². The Balaban J connectivity index is 1.68. The van der Waals surface area contributed by atoms with Gasteiger partial charge in [-0.2, -0.15) is 4.39 Å². The van der Waals surface area contributed by atoms with Crippen LogP contribution in [0.1, 0.15) is 25.7 Å². The number of nitrogens with one attached hydrogen (secondary N) is 1. The van der Waals surface area contributed by atoms with Gasteiger partial charge in [-0.3, -0.25) is 0 Å². The lowest BCUT2D eigenvalue weighted by molar-refractivity contribution is 0.580. The van der Waals surface area contributed by atoms with Crippen LogP contribution in [-0.4, -0.2) is 16.5 Å². The second-order valence-corrected chi connectivity index (χ2v) is 3.74. The molecule has 0 radical (unpaired) electrons. The number of aromatic nitrogens is 2. The molecule has 0 aliphatic heterocycles. The quantitative estimate of drug-likeness (QED) is 0.578. The van der Waals surface area contributed by atoms with E-state index in [2.05, 4.69) is 15.3 Å². The molecule has 1 heterocycles. The third-order valence-electron chi connectivity index (χ3n) is 2.43. The van der Waals surface area contributed by atoms with Crippen LogP contribution in [0.2, 0.25) is 0 Å². The lowest BCUT2D eigenvalue weighted by Gasteiger charge is -2.03. The summed E-state index contributed by atoms with van der Waals surface area (Å²) >= 11 is 0.